The maximum absolute atomic E-state index is 11.6. The van der Waals surface area contributed by atoms with Crippen molar-refractivity contribution in [2.45, 2.75) is 0 Å². The molecule has 0 amide bonds. The molecule has 1 heterocycles. The number of hydrogen-bond donors (Lipinski definition) is 0. The first-order valence-electron chi connectivity index (χ1n) is 6.19. The smallest absolute Gasteiger partial charge is 0.336 e. The van der Waals surface area contributed by atoms with Gasteiger partial charge in [0.05, 0.1) is 0 Å². The van der Waals surface area contributed by atoms with E-state index in [0.717, 1.165) is 16.5 Å². The minimum absolute atomic E-state index is 0.382. The van der Waals surface area contributed by atoms with E-state index in [1.54, 1.807) is 12.1 Å². The third kappa shape index (κ3) is 2.65. The van der Waals surface area contributed by atoms with Gasteiger partial charge in [0.15, 0.2) is 0 Å². The highest BCUT2D eigenvalue weighted by Gasteiger charge is 2.03. The van der Waals surface area contributed by atoms with E-state index in [1.165, 1.54) is 6.07 Å². The molecule has 2 nitrogen and oxygen atoms in total. The van der Waals surface area contributed by atoms with E-state index in [0.29, 0.717) is 10.6 Å². The van der Waals surface area contributed by atoms with Gasteiger partial charge < -0.3 is 4.42 Å². The molecule has 0 bridgehead atoms. The molecule has 0 unspecified atom stereocenters. The van der Waals surface area contributed by atoms with Crippen molar-refractivity contribution >= 4 is 34.7 Å². The van der Waals surface area contributed by atoms with E-state index in [2.05, 4.69) is 0 Å². The zero-order valence-corrected chi connectivity index (χ0v) is 11.3. The molecule has 0 fully saturated rings. The molecule has 0 aliphatic rings. The summed E-state index contributed by atoms with van der Waals surface area (Å²) in [6.07, 6.45) is 3.87. The molecule has 0 aliphatic carbocycles. The van der Waals surface area contributed by atoms with Crippen LogP contribution in [0.4, 0.5) is 0 Å². The number of fused-ring (bicyclic) bond motifs is 1. The van der Waals surface area contributed by atoms with Crippen molar-refractivity contribution in [1.82, 2.24) is 0 Å². The minimum atomic E-state index is -0.382. The summed E-state index contributed by atoms with van der Waals surface area (Å²) in [6, 6.07) is 16.7. The van der Waals surface area contributed by atoms with E-state index in [1.807, 2.05) is 48.6 Å². The van der Waals surface area contributed by atoms with E-state index in [4.69, 9.17) is 16.0 Å². The summed E-state index contributed by atoms with van der Waals surface area (Å²) >= 11 is 5.92. The van der Waals surface area contributed by atoms with Gasteiger partial charge in [-0.1, -0.05) is 54.1 Å². The molecular formula is C17H11ClO2. The molecular weight excluding hydrogens is 272 g/mol. The van der Waals surface area contributed by atoms with E-state index in [9.17, 15) is 4.79 Å². The zero-order valence-electron chi connectivity index (χ0n) is 10.5. The Morgan fingerprint density at radius 2 is 1.75 bits per heavy atom. The standard InChI is InChI=1S/C17H11ClO2/c18-14-8-9-15-13(10-17(19)20-16(15)11-14)7-6-12-4-2-1-3-5-12/h1-11H/b7-6+. The summed E-state index contributed by atoms with van der Waals surface area (Å²) in [4.78, 5) is 11.6. The first kappa shape index (κ1) is 12.7. The van der Waals surface area contributed by atoms with Crippen LogP contribution in [0.15, 0.2) is 63.8 Å². The summed E-state index contributed by atoms with van der Waals surface area (Å²) < 4.78 is 5.16. The molecule has 98 valence electrons. The molecule has 3 heteroatoms. The highest BCUT2D eigenvalue weighted by Crippen LogP contribution is 2.22. The minimum Gasteiger partial charge on any atom is -0.423 e. The van der Waals surface area contributed by atoms with Gasteiger partial charge in [-0.25, -0.2) is 4.79 Å². The predicted molar refractivity (Wildman–Crippen MR) is 82.9 cm³/mol. The third-order valence-corrected chi connectivity index (χ3v) is 3.23. The van der Waals surface area contributed by atoms with Gasteiger partial charge in [-0.05, 0) is 23.3 Å². The molecule has 20 heavy (non-hydrogen) atoms. The lowest BCUT2D eigenvalue weighted by atomic mass is 10.1. The maximum Gasteiger partial charge on any atom is 0.336 e. The van der Waals surface area contributed by atoms with Gasteiger partial charge in [-0.2, -0.15) is 0 Å². The second kappa shape index (κ2) is 5.35. The molecule has 0 N–H and O–H groups in total. The molecule has 0 atom stereocenters. The molecule has 0 saturated carbocycles. The van der Waals surface area contributed by atoms with Gasteiger partial charge in [0.25, 0.3) is 0 Å². The molecule has 0 aliphatic heterocycles. The second-order valence-corrected chi connectivity index (χ2v) is 4.84. The Hall–Kier alpha value is -2.32. The molecule has 0 spiro atoms. The van der Waals surface area contributed by atoms with Crippen LogP contribution < -0.4 is 5.63 Å². The number of rotatable bonds is 2. The fraction of sp³-hybridized carbons (Fsp3) is 0. The van der Waals surface area contributed by atoms with Crippen molar-refractivity contribution in [1.29, 1.82) is 0 Å². The van der Waals surface area contributed by atoms with Crippen LogP contribution in [-0.2, 0) is 0 Å². The summed E-state index contributed by atoms with van der Waals surface area (Å²) in [5.41, 5.74) is 2.00. The summed E-state index contributed by atoms with van der Waals surface area (Å²) in [6.45, 7) is 0. The van der Waals surface area contributed by atoms with Gasteiger partial charge in [-0.3, -0.25) is 0 Å². The Labute approximate surface area is 120 Å². The van der Waals surface area contributed by atoms with Gasteiger partial charge in [0.2, 0.25) is 0 Å². The SMILES string of the molecule is O=c1cc(/C=C/c2ccccc2)c2ccc(Cl)cc2o1. The normalized spacial score (nSPS) is 11.2. The van der Waals surface area contributed by atoms with Crippen LogP contribution in [0.5, 0.6) is 0 Å². The molecule has 0 radical (unpaired) electrons. The van der Waals surface area contributed by atoms with Crippen molar-refractivity contribution in [2.75, 3.05) is 0 Å². The van der Waals surface area contributed by atoms with Gasteiger partial charge in [-0.15, -0.1) is 0 Å². The van der Waals surface area contributed by atoms with E-state index >= 15 is 0 Å². The van der Waals surface area contributed by atoms with Crippen LogP contribution >= 0.6 is 11.6 Å². The highest BCUT2D eigenvalue weighted by atomic mass is 35.5. The van der Waals surface area contributed by atoms with Crippen LogP contribution in [-0.4, -0.2) is 0 Å². The summed E-state index contributed by atoms with van der Waals surface area (Å²) in [5, 5.41) is 1.41. The summed E-state index contributed by atoms with van der Waals surface area (Å²) in [7, 11) is 0. The highest BCUT2D eigenvalue weighted by molar-refractivity contribution is 6.31. The van der Waals surface area contributed by atoms with Crippen molar-refractivity contribution in [3.05, 3.63) is 81.2 Å². The monoisotopic (exact) mass is 282 g/mol. The van der Waals surface area contributed by atoms with Crippen molar-refractivity contribution in [3.63, 3.8) is 0 Å². The summed E-state index contributed by atoms with van der Waals surface area (Å²) in [5.74, 6) is 0. The first-order valence-corrected chi connectivity index (χ1v) is 6.57. The maximum atomic E-state index is 11.6. The van der Waals surface area contributed by atoms with Crippen LogP contribution in [0.25, 0.3) is 23.1 Å². The number of hydrogen-bond acceptors (Lipinski definition) is 2. The van der Waals surface area contributed by atoms with E-state index in [-0.39, 0.29) is 5.63 Å². The molecule has 0 saturated heterocycles. The van der Waals surface area contributed by atoms with Crippen LogP contribution in [0.1, 0.15) is 11.1 Å². The Morgan fingerprint density at radius 3 is 2.55 bits per heavy atom. The average molecular weight is 283 g/mol. The van der Waals surface area contributed by atoms with Gasteiger partial charge in [0, 0.05) is 22.5 Å². The Morgan fingerprint density at radius 1 is 0.950 bits per heavy atom. The van der Waals surface area contributed by atoms with Crippen LogP contribution in [0.3, 0.4) is 0 Å². The van der Waals surface area contributed by atoms with Crippen molar-refractivity contribution < 1.29 is 4.42 Å². The Bertz CT molecular complexity index is 832. The number of halogens is 1. The lowest BCUT2D eigenvalue weighted by molar-refractivity contribution is 0.561. The first-order chi connectivity index (χ1) is 9.72. The van der Waals surface area contributed by atoms with Crippen molar-refractivity contribution in [2.24, 2.45) is 0 Å². The fourth-order valence-corrected chi connectivity index (χ4v) is 2.21. The molecule has 3 rings (SSSR count). The average Bonchev–Trinajstić information content (AvgIpc) is 2.45. The molecule has 3 aromatic rings. The topological polar surface area (TPSA) is 30.2 Å². The lowest BCUT2D eigenvalue weighted by Gasteiger charge is -2.01. The molecule has 2 aromatic carbocycles. The fourth-order valence-electron chi connectivity index (χ4n) is 2.05. The van der Waals surface area contributed by atoms with Crippen LogP contribution in [0.2, 0.25) is 5.02 Å². The lowest BCUT2D eigenvalue weighted by Crippen LogP contribution is -1.97. The quantitative estimate of drug-likeness (QED) is 0.642. The predicted octanol–water partition coefficient (Wildman–Crippen LogP) is 4.62. The largest absolute Gasteiger partial charge is 0.423 e. The van der Waals surface area contributed by atoms with Gasteiger partial charge in [0.1, 0.15) is 5.58 Å². The Balaban J connectivity index is 2.12. The third-order valence-electron chi connectivity index (χ3n) is 2.99. The van der Waals surface area contributed by atoms with Gasteiger partial charge >= 0.3 is 5.63 Å². The molecule has 1 aromatic heterocycles. The second-order valence-electron chi connectivity index (χ2n) is 4.41. The number of benzene rings is 2. The Kier molecular flexibility index (Phi) is 3.40. The van der Waals surface area contributed by atoms with Crippen LogP contribution in [0, 0.1) is 0 Å². The van der Waals surface area contributed by atoms with E-state index < -0.39 is 0 Å². The zero-order chi connectivity index (χ0) is 13.9. The van der Waals surface area contributed by atoms with Crippen molar-refractivity contribution in [3.8, 4) is 0 Å².